The van der Waals surface area contributed by atoms with Gasteiger partial charge in [-0.1, -0.05) is 97.1 Å². The quantitative estimate of drug-likeness (QED) is 0.0854. The summed E-state index contributed by atoms with van der Waals surface area (Å²) in [6, 6.07) is 13.6. The monoisotopic (exact) mass is 757 g/mol. The van der Waals surface area contributed by atoms with Crippen molar-refractivity contribution in [3.05, 3.63) is 119 Å². The zero-order valence-corrected chi connectivity index (χ0v) is 29.5. The van der Waals surface area contributed by atoms with Crippen LogP contribution in [0.4, 0.5) is 52.7 Å². The van der Waals surface area contributed by atoms with Crippen LogP contribution in [0.25, 0.3) is 0 Å². The van der Waals surface area contributed by atoms with Crippen molar-refractivity contribution in [3.8, 4) is 0 Å². The Labute approximate surface area is 282 Å². The van der Waals surface area contributed by atoms with Crippen LogP contribution in [0.3, 0.4) is 0 Å². The first-order valence-electron chi connectivity index (χ1n) is 14.8. The molecule has 4 rings (SSSR count). The Hall–Kier alpha value is -3.33. The van der Waals surface area contributed by atoms with Crippen molar-refractivity contribution < 1.29 is 52.7 Å². The van der Waals surface area contributed by atoms with Crippen molar-refractivity contribution in [1.29, 1.82) is 0 Å². The van der Waals surface area contributed by atoms with Gasteiger partial charge in [0.1, 0.15) is 6.15 Å². The number of hydrogen-bond donors (Lipinski definition) is 0. The van der Waals surface area contributed by atoms with Gasteiger partial charge in [-0.2, -0.15) is 78.7 Å². The lowest BCUT2D eigenvalue weighted by Crippen LogP contribution is -2.74. The predicted molar refractivity (Wildman–Crippen MR) is 182 cm³/mol. The lowest BCUT2D eigenvalue weighted by atomic mass is 9.13. The minimum absolute atomic E-state index is 0.0114. The van der Waals surface area contributed by atoms with Gasteiger partial charge in [0.05, 0.1) is 22.3 Å². The van der Waals surface area contributed by atoms with Crippen molar-refractivity contribution in [3.63, 3.8) is 0 Å². The average molecular weight is 757 g/mol. The van der Waals surface area contributed by atoms with Crippen molar-refractivity contribution >= 4 is 42.1 Å². The molecule has 0 radical (unpaired) electrons. The average Bonchev–Trinajstić information content (AvgIpc) is 2.95. The van der Waals surface area contributed by atoms with Crippen LogP contribution in [-0.2, 0) is 24.7 Å². The molecule has 0 bridgehead atoms. The molecule has 4 aromatic carbocycles. The summed E-state index contributed by atoms with van der Waals surface area (Å²) in [5, 5.41) is 0. The fraction of sp³-hybridized carbons (Fsp3) is 0.294. The third-order valence-electron chi connectivity index (χ3n) is 7.49. The molecule has 0 N–H and O–H groups in total. The normalized spacial score (nSPS) is 13.3. The van der Waals surface area contributed by atoms with E-state index in [1.165, 1.54) is 0 Å². The highest BCUT2D eigenvalue weighted by atomic mass is 31.2. The fourth-order valence-corrected chi connectivity index (χ4v) is 12.2. The van der Waals surface area contributed by atoms with Gasteiger partial charge in [0, 0.05) is 40.0 Å². The molecule has 4 aromatic rings. The molecular weight excluding hydrogens is 723 g/mol. The zero-order chi connectivity index (χ0) is 38.1. The lowest BCUT2D eigenvalue weighted by molar-refractivity contribution is -0.138. The van der Waals surface area contributed by atoms with Gasteiger partial charge in [-0.05, 0) is 0 Å². The fourth-order valence-electron chi connectivity index (χ4n) is 5.80. The predicted octanol–water partition coefficient (Wildman–Crippen LogP) is 9.37. The molecule has 0 aliphatic carbocycles. The molecule has 0 amide bonds. The van der Waals surface area contributed by atoms with E-state index in [2.05, 4.69) is 40.0 Å². The van der Waals surface area contributed by atoms with Gasteiger partial charge in [0.25, 0.3) is 0 Å². The highest BCUT2D eigenvalue weighted by Crippen LogP contribution is 2.38. The molecular formula is C34H34BF12NP2. The van der Waals surface area contributed by atoms with Gasteiger partial charge in [-0.15, -0.1) is 0 Å². The van der Waals surface area contributed by atoms with Gasteiger partial charge in [0.2, 0.25) is 14.1 Å². The maximum absolute atomic E-state index is 13.3. The van der Waals surface area contributed by atoms with E-state index in [1.807, 2.05) is 0 Å². The molecule has 50 heavy (non-hydrogen) atoms. The van der Waals surface area contributed by atoms with Crippen LogP contribution < -0.4 is 26.0 Å². The van der Waals surface area contributed by atoms with Crippen LogP contribution in [-0.4, -0.2) is 46.1 Å². The van der Waals surface area contributed by atoms with Crippen molar-refractivity contribution in [2.45, 2.75) is 24.7 Å². The molecule has 0 saturated carbocycles. The second-order valence-electron chi connectivity index (χ2n) is 13.3. The number of benzene rings is 4. The van der Waals surface area contributed by atoms with E-state index in [-0.39, 0.29) is 21.9 Å². The van der Waals surface area contributed by atoms with Gasteiger partial charge < -0.3 is 0 Å². The molecule has 0 saturated heterocycles. The molecule has 272 valence electrons. The summed E-state index contributed by atoms with van der Waals surface area (Å²) in [5.74, 6) is 0. The Bertz CT molecular complexity index is 1600. The van der Waals surface area contributed by atoms with E-state index >= 15 is 0 Å². The van der Waals surface area contributed by atoms with Gasteiger partial charge in [-0.25, -0.2) is 0 Å². The Morgan fingerprint density at radius 1 is 0.340 bits per heavy atom. The maximum atomic E-state index is 13.3. The standard InChI is InChI=1S/C28H16BF12.C6H18NP2/c30-25(31,32)17-1-9-21(10-2-17)29(22-11-3-18(4-12-22)26(33,34)35,23-13-5-19(6-14-23)27(36,37)38)24-15-7-20(8-16-24)28(39,40)41;1-8(2,3)7-9(4,5)6/h1-16H;1-6H3/q-1;+1. The highest BCUT2D eigenvalue weighted by molar-refractivity contribution is 7.71. The summed E-state index contributed by atoms with van der Waals surface area (Å²) in [4.78, 5) is 0. The Morgan fingerprint density at radius 2 is 0.500 bits per heavy atom. The maximum Gasteiger partial charge on any atom is 0.416 e. The van der Waals surface area contributed by atoms with Crippen LogP contribution in [0, 0.1) is 0 Å². The Kier molecular flexibility index (Phi) is 11.8. The first-order chi connectivity index (χ1) is 22.5. The molecule has 16 heteroatoms. The first-order valence-corrected chi connectivity index (χ1v) is 21.0. The van der Waals surface area contributed by atoms with Crippen LogP contribution in [0.1, 0.15) is 22.3 Å². The van der Waals surface area contributed by atoms with E-state index in [9.17, 15) is 52.7 Å². The molecule has 0 atom stereocenters. The second kappa shape index (κ2) is 14.4. The number of nitrogens with zero attached hydrogens (tertiary/aromatic N) is 1. The minimum Gasteiger partial charge on any atom is -0.195 e. The van der Waals surface area contributed by atoms with Crippen LogP contribution in [0.2, 0.25) is 0 Å². The first kappa shape index (κ1) is 41.1. The number of rotatable bonds is 4. The second-order valence-corrected chi connectivity index (χ2v) is 21.8. The van der Waals surface area contributed by atoms with Crippen LogP contribution in [0.15, 0.2) is 97.1 Å². The van der Waals surface area contributed by atoms with Crippen molar-refractivity contribution in [2.75, 3.05) is 40.0 Å². The summed E-state index contributed by atoms with van der Waals surface area (Å²) in [7, 11) is -1.73. The van der Waals surface area contributed by atoms with E-state index in [0.717, 1.165) is 48.5 Å². The summed E-state index contributed by atoms with van der Waals surface area (Å²) >= 11 is 0. The largest absolute Gasteiger partial charge is 0.416 e. The summed E-state index contributed by atoms with van der Waals surface area (Å²) in [6.07, 6.45) is -22.0. The van der Waals surface area contributed by atoms with Crippen molar-refractivity contribution in [2.24, 2.45) is 0 Å². The molecule has 0 fully saturated rings. The van der Waals surface area contributed by atoms with E-state index in [1.54, 1.807) is 0 Å². The third kappa shape index (κ3) is 10.4. The lowest BCUT2D eigenvalue weighted by Gasteiger charge is -2.44. The third-order valence-corrected chi connectivity index (χ3v) is 11.8. The molecule has 0 aromatic heterocycles. The van der Waals surface area contributed by atoms with Gasteiger partial charge in [-0.3, -0.25) is 0 Å². The van der Waals surface area contributed by atoms with E-state index in [4.69, 9.17) is 4.17 Å². The summed E-state index contributed by atoms with van der Waals surface area (Å²) < 4.78 is 165. The number of alkyl halides is 12. The van der Waals surface area contributed by atoms with Gasteiger partial charge in [0.15, 0.2) is 0 Å². The topological polar surface area (TPSA) is 14.1 Å². The van der Waals surface area contributed by atoms with Crippen molar-refractivity contribution in [1.82, 2.24) is 4.17 Å². The molecule has 0 unspecified atom stereocenters. The molecule has 0 aliphatic rings. The number of hydrogen-bond acceptors (Lipinski definition) is 0. The summed E-state index contributed by atoms with van der Waals surface area (Å²) in [6.45, 7) is 13.6. The summed E-state index contributed by atoms with van der Waals surface area (Å²) in [5.41, 5.74) is -4.29. The van der Waals surface area contributed by atoms with E-state index in [0.29, 0.717) is 48.5 Å². The van der Waals surface area contributed by atoms with Crippen LogP contribution >= 0.6 is 14.1 Å². The zero-order valence-electron chi connectivity index (χ0n) is 27.7. The molecule has 1 nitrogen and oxygen atoms in total. The molecule has 0 heterocycles. The molecule has 0 spiro atoms. The highest BCUT2D eigenvalue weighted by Gasteiger charge is 2.38. The van der Waals surface area contributed by atoms with E-state index < -0.39 is 67.2 Å². The Morgan fingerprint density at radius 3 is 0.600 bits per heavy atom. The molecule has 0 aliphatic heterocycles. The smallest absolute Gasteiger partial charge is 0.195 e. The van der Waals surface area contributed by atoms with Gasteiger partial charge >= 0.3 is 24.7 Å². The number of halogens is 12. The van der Waals surface area contributed by atoms with Crippen LogP contribution in [0.5, 0.6) is 0 Å². The Balaban J connectivity index is 0.000000661. The SMILES string of the molecule is CP(C)(C)=[N+]=P(C)(C)C.FC(F)(F)c1ccc([B-](c2ccc(C(F)(F)F)cc2)(c2ccc(C(F)(F)F)cc2)c2ccc(C(F)(F)F)cc2)cc1. The minimum atomic E-state index is -4.77.